The predicted octanol–water partition coefficient (Wildman–Crippen LogP) is 2.86. The summed E-state index contributed by atoms with van der Waals surface area (Å²) in [5.74, 6) is -1.44. The fraction of sp³-hybridized carbons (Fsp3) is 0.429. The van der Waals surface area contributed by atoms with E-state index < -0.39 is 11.9 Å². The highest BCUT2D eigenvalue weighted by atomic mass is 16.4. The number of carbonyl (C=O) groups is 2. The Morgan fingerprint density at radius 1 is 1.22 bits per heavy atom. The minimum atomic E-state index is -0.855. The first-order chi connectivity index (χ1) is 8.45. The summed E-state index contributed by atoms with van der Waals surface area (Å²) in [4.78, 5) is 22.5. The minimum absolute atomic E-state index is 0.0171. The second-order valence-electron chi connectivity index (χ2n) is 4.48. The molecule has 0 spiro atoms. The van der Waals surface area contributed by atoms with Crippen LogP contribution in [0.2, 0.25) is 0 Å². The highest BCUT2D eigenvalue weighted by molar-refractivity contribution is 5.92. The van der Waals surface area contributed by atoms with E-state index >= 15 is 0 Å². The summed E-state index contributed by atoms with van der Waals surface area (Å²) in [5, 5.41) is 11.7. The number of anilines is 1. The van der Waals surface area contributed by atoms with Crippen molar-refractivity contribution in [2.45, 2.75) is 33.1 Å². The Morgan fingerprint density at radius 3 is 2.22 bits per heavy atom. The summed E-state index contributed by atoms with van der Waals surface area (Å²) in [5.41, 5.74) is 1.42. The van der Waals surface area contributed by atoms with Gasteiger partial charge in [-0.05, 0) is 31.0 Å². The van der Waals surface area contributed by atoms with Crippen molar-refractivity contribution in [1.82, 2.24) is 0 Å². The van der Waals surface area contributed by atoms with Gasteiger partial charge in [-0.15, -0.1) is 0 Å². The summed E-state index contributed by atoms with van der Waals surface area (Å²) >= 11 is 0. The molecule has 0 saturated heterocycles. The lowest BCUT2D eigenvalue weighted by Gasteiger charge is -2.11. The van der Waals surface area contributed by atoms with E-state index in [4.69, 9.17) is 5.11 Å². The van der Waals surface area contributed by atoms with E-state index in [9.17, 15) is 9.59 Å². The van der Waals surface area contributed by atoms with Crippen molar-refractivity contribution in [2.75, 3.05) is 5.32 Å². The van der Waals surface area contributed by atoms with Crippen molar-refractivity contribution in [3.63, 3.8) is 0 Å². The Morgan fingerprint density at radius 2 is 1.78 bits per heavy atom. The fourth-order valence-corrected chi connectivity index (χ4v) is 1.45. The Balaban J connectivity index is 2.72. The maximum absolute atomic E-state index is 11.7. The van der Waals surface area contributed by atoms with Gasteiger partial charge in [0.05, 0.1) is 5.92 Å². The maximum Gasteiger partial charge on any atom is 0.310 e. The number of hydrogen-bond donors (Lipinski definition) is 2. The van der Waals surface area contributed by atoms with Gasteiger partial charge in [-0.3, -0.25) is 9.59 Å². The third-order valence-corrected chi connectivity index (χ3v) is 3.11. The van der Waals surface area contributed by atoms with E-state index in [0.29, 0.717) is 5.69 Å². The lowest BCUT2D eigenvalue weighted by Crippen LogP contribution is -2.19. The average Bonchev–Trinajstić information content (AvgIpc) is 2.37. The Bertz CT molecular complexity index is 425. The number of amides is 1. The lowest BCUT2D eigenvalue weighted by molar-refractivity contribution is -0.138. The molecule has 0 radical (unpaired) electrons. The van der Waals surface area contributed by atoms with Crippen LogP contribution < -0.4 is 5.32 Å². The van der Waals surface area contributed by atoms with E-state index in [1.807, 2.05) is 13.8 Å². The molecule has 0 heterocycles. The summed E-state index contributed by atoms with van der Waals surface area (Å²) < 4.78 is 0. The maximum atomic E-state index is 11.7. The first-order valence-electron chi connectivity index (χ1n) is 6.09. The van der Waals surface area contributed by atoms with Crippen molar-refractivity contribution in [1.29, 1.82) is 0 Å². The zero-order chi connectivity index (χ0) is 13.7. The van der Waals surface area contributed by atoms with Gasteiger partial charge in [-0.2, -0.15) is 0 Å². The first kappa shape index (κ1) is 14.2. The van der Waals surface area contributed by atoms with Gasteiger partial charge in [-0.25, -0.2) is 0 Å². The average molecular weight is 249 g/mol. The van der Waals surface area contributed by atoms with Gasteiger partial charge < -0.3 is 10.4 Å². The van der Waals surface area contributed by atoms with Gasteiger partial charge in [0.2, 0.25) is 5.91 Å². The molecule has 0 aliphatic carbocycles. The number of rotatable bonds is 5. The molecule has 0 saturated carbocycles. The number of nitrogens with one attached hydrogen (secondary N) is 1. The number of carboxylic acids is 1. The van der Waals surface area contributed by atoms with Crippen LogP contribution in [0.4, 0.5) is 5.69 Å². The molecule has 4 nitrogen and oxygen atoms in total. The van der Waals surface area contributed by atoms with Gasteiger partial charge in [0, 0.05) is 11.6 Å². The van der Waals surface area contributed by atoms with Crippen LogP contribution >= 0.6 is 0 Å². The number of aliphatic carboxylic acids is 1. The molecule has 0 fully saturated rings. The quantitative estimate of drug-likeness (QED) is 0.843. The molecule has 0 aliphatic heterocycles. The molecule has 98 valence electrons. The Hall–Kier alpha value is -1.84. The summed E-state index contributed by atoms with van der Waals surface area (Å²) in [6.45, 7) is 5.47. The molecule has 0 bridgehead atoms. The zero-order valence-corrected chi connectivity index (χ0v) is 10.9. The summed E-state index contributed by atoms with van der Waals surface area (Å²) in [6, 6.07) is 6.92. The fourth-order valence-electron chi connectivity index (χ4n) is 1.45. The van der Waals surface area contributed by atoms with E-state index in [0.717, 1.165) is 12.0 Å². The molecular formula is C14H19NO3. The van der Waals surface area contributed by atoms with Crippen molar-refractivity contribution in [3.8, 4) is 0 Å². The van der Waals surface area contributed by atoms with Gasteiger partial charge in [0.15, 0.2) is 0 Å². The molecule has 2 atom stereocenters. The highest BCUT2D eigenvalue weighted by Gasteiger charge is 2.14. The van der Waals surface area contributed by atoms with Gasteiger partial charge >= 0.3 is 5.97 Å². The van der Waals surface area contributed by atoms with Crippen LogP contribution in [0.3, 0.4) is 0 Å². The largest absolute Gasteiger partial charge is 0.481 e. The smallest absolute Gasteiger partial charge is 0.310 e. The van der Waals surface area contributed by atoms with Crippen LogP contribution in [-0.4, -0.2) is 17.0 Å². The first-order valence-corrected chi connectivity index (χ1v) is 6.09. The highest BCUT2D eigenvalue weighted by Crippen LogP contribution is 2.18. The number of hydrogen-bond acceptors (Lipinski definition) is 2. The third kappa shape index (κ3) is 3.58. The van der Waals surface area contributed by atoms with Crippen LogP contribution in [0.15, 0.2) is 24.3 Å². The van der Waals surface area contributed by atoms with Gasteiger partial charge in [-0.1, -0.05) is 26.0 Å². The van der Waals surface area contributed by atoms with Gasteiger partial charge in [0.1, 0.15) is 0 Å². The topological polar surface area (TPSA) is 66.4 Å². The molecule has 0 aliphatic rings. The third-order valence-electron chi connectivity index (χ3n) is 3.11. The molecule has 4 heteroatoms. The second kappa shape index (κ2) is 6.19. The van der Waals surface area contributed by atoms with E-state index in [-0.39, 0.29) is 11.8 Å². The molecule has 2 unspecified atom stereocenters. The minimum Gasteiger partial charge on any atom is -0.481 e. The number of carbonyl (C=O) groups excluding carboxylic acids is 1. The SMILES string of the molecule is CCC(C)C(=O)Nc1ccc(C(C)C(=O)O)cc1. The van der Waals surface area contributed by atoms with E-state index in [1.54, 1.807) is 31.2 Å². The normalized spacial score (nSPS) is 13.7. The Labute approximate surface area is 107 Å². The van der Waals surface area contributed by atoms with E-state index in [2.05, 4.69) is 5.32 Å². The lowest BCUT2D eigenvalue weighted by atomic mass is 10.0. The van der Waals surface area contributed by atoms with Crippen molar-refractivity contribution >= 4 is 17.6 Å². The molecule has 1 aromatic rings. The summed E-state index contributed by atoms with van der Waals surface area (Å²) in [7, 11) is 0. The monoisotopic (exact) mass is 249 g/mol. The predicted molar refractivity (Wildman–Crippen MR) is 70.6 cm³/mol. The van der Waals surface area contributed by atoms with Crippen LogP contribution in [0, 0.1) is 5.92 Å². The second-order valence-corrected chi connectivity index (χ2v) is 4.48. The summed E-state index contributed by atoms with van der Waals surface area (Å²) in [6.07, 6.45) is 0.792. The number of carboxylic acid groups (broad SMARTS) is 1. The van der Waals surface area contributed by atoms with Crippen LogP contribution in [0.25, 0.3) is 0 Å². The van der Waals surface area contributed by atoms with Crippen LogP contribution in [-0.2, 0) is 9.59 Å². The van der Waals surface area contributed by atoms with Crippen molar-refractivity contribution in [3.05, 3.63) is 29.8 Å². The standard InChI is InChI=1S/C14H19NO3/c1-4-9(2)13(16)15-12-7-5-11(6-8-12)10(3)14(17)18/h5-10H,4H2,1-3H3,(H,15,16)(H,17,18). The number of benzene rings is 1. The molecule has 0 aromatic heterocycles. The molecule has 18 heavy (non-hydrogen) atoms. The van der Waals surface area contributed by atoms with Crippen molar-refractivity contribution in [2.24, 2.45) is 5.92 Å². The van der Waals surface area contributed by atoms with Crippen LogP contribution in [0.1, 0.15) is 38.7 Å². The molecular weight excluding hydrogens is 230 g/mol. The zero-order valence-electron chi connectivity index (χ0n) is 10.9. The molecule has 1 amide bonds. The van der Waals surface area contributed by atoms with Crippen molar-refractivity contribution < 1.29 is 14.7 Å². The van der Waals surface area contributed by atoms with Gasteiger partial charge in [0.25, 0.3) is 0 Å². The van der Waals surface area contributed by atoms with Crippen LogP contribution in [0.5, 0.6) is 0 Å². The molecule has 1 rings (SSSR count). The molecule has 2 N–H and O–H groups in total. The molecule has 1 aromatic carbocycles. The van der Waals surface area contributed by atoms with E-state index in [1.165, 1.54) is 0 Å². The Kier molecular flexibility index (Phi) is 4.89.